The smallest absolute Gasteiger partial charge is 0.316 e. The van der Waals surface area contributed by atoms with Crippen molar-refractivity contribution in [1.29, 1.82) is 0 Å². The van der Waals surface area contributed by atoms with Gasteiger partial charge in [0.2, 0.25) is 0 Å². The van der Waals surface area contributed by atoms with Crippen LogP contribution in [0.4, 0.5) is 10.5 Å². The summed E-state index contributed by atoms with van der Waals surface area (Å²) in [5.41, 5.74) is -0.176. The predicted octanol–water partition coefficient (Wildman–Crippen LogP) is 0.213. The van der Waals surface area contributed by atoms with Gasteiger partial charge in [0, 0.05) is 27.2 Å². The molecule has 0 aliphatic rings. The van der Waals surface area contributed by atoms with Gasteiger partial charge in [-0.2, -0.15) is 5.10 Å². The summed E-state index contributed by atoms with van der Waals surface area (Å²) in [6.07, 6.45) is 6.49. The van der Waals surface area contributed by atoms with Gasteiger partial charge in [0.25, 0.3) is 5.56 Å². The van der Waals surface area contributed by atoms with Gasteiger partial charge in [0.05, 0.1) is 11.2 Å². The normalized spacial score (nSPS) is 9.70. The van der Waals surface area contributed by atoms with Gasteiger partial charge in [0.1, 0.15) is 12.2 Å². The van der Waals surface area contributed by atoms with Crippen molar-refractivity contribution in [2.24, 2.45) is 0 Å². The van der Waals surface area contributed by atoms with Crippen molar-refractivity contribution in [2.75, 3.05) is 32.5 Å². The Bertz CT molecular complexity index is 576. The minimum Gasteiger partial charge on any atom is -0.377 e. The van der Waals surface area contributed by atoms with Gasteiger partial charge in [-0.25, -0.2) is 9.48 Å². The van der Waals surface area contributed by atoms with Gasteiger partial charge in [-0.1, -0.05) is 17.5 Å². The average Bonchev–Trinajstić information content (AvgIpc) is 2.40. The summed E-state index contributed by atoms with van der Waals surface area (Å²) < 4.78 is 1.13. The van der Waals surface area contributed by atoms with Crippen LogP contribution in [0.15, 0.2) is 11.0 Å². The zero-order valence-electron chi connectivity index (χ0n) is 11.3. The van der Waals surface area contributed by atoms with Crippen LogP contribution in [0.25, 0.3) is 0 Å². The minimum absolute atomic E-state index is 0.0715. The van der Waals surface area contributed by atoms with E-state index in [9.17, 15) is 9.59 Å². The van der Waals surface area contributed by atoms with Crippen molar-refractivity contribution in [3.8, 4) is 12.3 Å². The van der Waals surface area contributed by atoms with E-state index in [4.69, 9.17) is 18.0 Å². The Hall–Kier alpha value is -2.20. The lowest BCUT2D eigenvalue weighted by molar-refractivity contribution is 0.218. The van der Waals surface area contributed by atoms with Crippen LogP contribution in [-0.2, 0) is 6.54 Å². The monoisotopic (exact) mass is 297 g/mol. The second-order valence-electron chi connectivity index (χ2n) is 4.09. The summed E-state index contributed by atoms with van der Waals surface area (Å²) in [5, 5.41) is 9.55. The number of amides is 2. The lowest BCUT2D eigenvalue weighted by Gasteiger charge is -2.13. The molecule has 0 saturated heterocycles. The fraction of sp³-hybridized carbons (Fsp3) is 0.417. The molecule has 1 aromatic rings. The van der Waals surface area contributed by atoms with Crippen LogP contribution in [-0.4, -0.2) is 47.9 Å². The highest BCUT2D eigenvalue weighted by molar-refractivity contribution is 6.32. The molecule has 2 N–H and O–H groups in total. The third-order valence-corrected chi connectivity index (χ3v) is 2.63. The molecule has 108 valence electrons. The largest absolute Gasteiger partial charge is 0.377 e. The first-order valence-corrected chi connectivity index (χ1v) is 6.23. The highest BCUT2D eigenvalue weighted by Gasteiger charge is 2.09. The Labute approximate surface area is 121 Å². The number of carbonyl (C=O) groups excluding carboxylic acids is 1. The molecular formula is C12H16ClN5O2. The van der Waals surface area contributed by atoms with Crippen LogP contribution in [0.1, 0.15) is 0 Å². The summed E-state index contributed by atoms with van der Waals surface area (Å²) in [4.78, 5) is 24.7. The van der Waals surface area contributed by atoms with E-state index < -0.39 is 5.56 Å². The minimum atomic E-state index is -0.394. The van der Waals surface area contributed by atoms with Crippen molar-refractivity contribution in [3.63, 3.8) is 0 Å². The van der Waals surface area contributed by atoms with Crippen molar-refractivity contribution in [2.45, 2.75) is 6.54 Å². The number of nitrogens with zero attached hydrogens (tertiary/aromatic N) is 3. The molecule has 0 bridgehead atoms. The maximum atomic E-state index is 12.0. The predicted molar refractivity (Wildman–Crippen MR) is 77.9 cm³/mol. The summed E-state index contributed by atoms with van der Waals surface area (Å²) in [5.74, 6) is 2.33. The first kappa shape index (κ1) is 15.9. The van der Waals surface area contributed by atoms with E-state index in [-0.39, 0.29) is 23.3 Å². The molecule has 8 heteroatoms. The highest BCUT2D eigenvalue weighted by atomic mass is 35.5. The molecule has 0 saturated carbocycles. The number of hydrogen-bond donors (Lipinski definition) is 2. The van der Waals surface area contributed by atoms with Crippen molar-refractivity contribution in [3.05, 3.63) is 21.6 Å². The van der Waals surface area contributed by atoms with E-state index in [0.29, 0.717) is 13.1 Å². The molecule has 0 unspecified atom stereocenters. The Morgan fingerprint density at radius 2 is 2.25 bits per heavy atom. The fourth-order valence-corrected chi connectivity index (χ4v) is 1.53. The summed E-state index contributed by atoms with van der Waals surface area (Å²) in [6.45, 7) is 0.779. The molecule has 0 aliphatic heterocycles. The first-order valence-electron chi connectivity index (χ1n) is 5.85. The zero-order valence-corrected chi connectivity index (χ0v) is 12.1. The number of nitrogens with one attached hydrogen (secondary N) is 2. The number of rotatable bonds is 5. The maximum absolute atomic E-state index is 12.0. The summed E-state index contributed by atoms with van der Waals surface area (Å²) in [6, 6.07) is -0.211. The highest BCUT2D eigenvalue weighted by Crippen LogP contribution is 2.14. The number of halogens is 1. The number of urea groups is 1. The Morgan fingerprint density at radius 1 is 1.55 bits per heavy atom. The molecule has 0 atom stereocenters. The molecule has 0 aliphatic carbocycles. The van der Waals surface area contributed by atoms with Crippen LogP contribution in [0.3, 0.4) is 0 Å². The topological polar surface area (TPSA) is 79.3 Å². The lowest BCUT2D eigenvalue weighted by atomic mass is 10.4. The van der Waals surface area contributed by atoms with Crippen LogP contribution < -0.4 is 16.2 Å². The molecule has 2 amide bonds. The Kier molecular flexibility index (Phi) is 5.87. The lowest BCUT2D eigenvalue weighted by Crippen LogP contribution is -2.37. The molecule has 0 fully saturated rings. The number of hydrogen-bond acceptors (Lipinski definition) is 4. The van der Waals surface area contributed by atoms with Gasteiger partial charge in [-0.3, -0.25) is 4.79 Å². The zero-order chi connectivity index (χ0) is 15.1. The Morgan fingerprint density at radius 3 is 2.85 bits per heavy atom. The van der Waals surface area contributed by atoms with Gasteiger partial charge in [0.15, 0.2) is 0 Å². The molecule has 7 nitrogen and oxygen atoms in total. The van der Waals surface area contributed by atoms with Gasteiger partial charge >= 0.3 is 6.03 Å². The van der Waals surface area contributed by atoms with Crippen LogP contribution in [0, 0.1) is 12.3 Å². The van der Waals surface area contributed by atoms with Gasteiger partial charge < -0.3 is 15.5 Å². The third-order valence-electron chi connectivity index (χ3n) is 2.35. The quantitative estimate of drug-likeness (QED) is 0.602. The average molecular weight is 298 g/mol. The number of anilines is 1. The Balaban J connectivity index is 2.64. The number of aromatic nitrogens is 2. The van der Waals surface area contributed by atoms with E-state index in [0.717, 1.165) is 4.68 Å². The van der Waals surface area contributed by atoms with Gasteiger partial charge in [-0.05, 0) is 0 Å². The number of carbonyl (C=O) groups is 1. The molecule has 1 heterocycles. The van der Waals surface area contributed by atoms with Crippen molar-refractivity contribution < 1.29 is 4.79 Å². The molecule has 0 radical (unpaired) electrons. The maximum Gasteiger partial charge on any atom is 0.316 e. The molecular weight excluding hydrogens is 282 g/mol. The SMILES string of the molecule is C#CCn1ncc(Cl)c(NCCNC(=O)N(C)C)c1=O. The first-order chi connectivity index (χ1) is 9.47. The molecule has 0 spiro atoms. The van der Waals surface area contributed by atoms with E-state index >= 15 is 0 Å². The van der Waals surface area contributed by atoms with Crippen LogP contribution >= 0.6 is 11.6 Å². The van der Waals surface area contributed by atoms with E-state index in [1.54, 1.807) is 14.1 Å². The second-order valence-corrected chi connectivity index (χ2v) is 4.49. The second kappa shape index (κ2) is 7.40. The molecule has 20 heavy (non-hydrogen) atoms. The molecule has 1 rings (SSSR count). The standard InChI is InChI=1S/C12H16ClN5O2/c1-4-7-18-11(19)10(9(13)8-16-18)14-5-6-15-12(20)17(2)3/h1,8,14H,5-7H2,2-3H3,(H,15,20). The van der Waals surface area contributed by atoms with Crippen molar-refractivity contribution in [1.82, 2.24) is 20.0 Å². The van der Waals surface area contributed by atoms with E-state index in [1.807, 2.05) is 0 Å². The van der Waals surface area contributed by atoms with Crippen LogP contribution in [0.5, 0.6) is 0 Å². The van der Waals surface area contributed by atoms with Crippen molar-refractivity contribution >= 4 is 23.3 Å². The molecule has 0 aromatic carbocycles. The van der Waals surface area contributed by atoms with Gasteiger partial charge in [-0.15, -0.1) is 6.42 Å². The molecule has 1 aromatic heterocycles. The number of terminal acetylenes is 1. The van der Waals surface area contributed by atoms with E-state index in [2.05, 4.69) is 21.7 Å². The van der Waals surface area contributed by atoms with Crippen LogP contribution in [0.2, 0.25) is 5.02 Å². The summed E-state index contributed by atoms with van der Waals surface area (Å²) in [7, 11) is 3.28. The van der Waals surface area contributed by atoms with E-state index in [1.165, 1.54) is 11.1 Å². The third kappa shape index (κ3) is 4.17. The fourth-order valence-electron chi connectivity index (χ4n) is 1.34. The summed E-state index contributed by atoms with van der Waals surface area (Å²) >= 11 is 5.91.